The molecule has 100 valence electrons. The van der Waals surface area contributed by atoms with Crippen LogP contribution in [0.3, 0.4) is 0 Å². The quantitative estimate of drug-likeness (QED) is 0.733. The molecule has 0 saturated heterocycles. The summed E-state index contributed by atoms with van der Waals surface area (Å²) in [6.07, 6.45) is 0. The van der Waals surface area contributed by atoms with Crippen LogP contribution in [0.5, 0.6) is 0 Å². The van der Waals surface area contributed by atoms with Gasteiger partial charge in [-0.15, -0.1) is 0 Å². The van der Waals surface area contributed by atoms with E-state index in [4.69, 9.17) is 5.73 Å². The number of anilines is 1. The maximum absolute atomic E-state index is 13.2. The van der Waals surface area contributed by atoms with Crippen LogP contribution < -0.4 is 5.73 Å². The molecular weight excluding hydrogens is 328 g/mol. The highest BCUT2D eigenvalue weighted by Crippen LogP contribution is 2.26. The highest BCUT2D eigenvalue weighted by atomic mass is 79.9. The Kier molecular flexibility index (Phi) is 3.10. The van der Waals surface area contributed by atoms with Crippen molar-refractivity contribution in [1.29, 1.82) is 0 Å². The lowest BCUT2D eigenvalue weighted by atomic mass is 10.1. The Morgan fingerprint density at radius 1 is 0.950 bits per heavy atom. The first-order valence-electron chi connectivity index (χ1n) is 5.72. The van der Waals surface area contributed by atoms with Crippen molar-refractivity contribution in [2.24, 2.45) is 0 Å². The highest BCUT2D eigenvalue weighted by Gasteiger charge is 2.10. The van der Waals surface area contributed by atoms with Crippen LogP contribution >= 0.6 is 15.9 Å². The van der Waals surface area contributed by atoms with Gasteiger partial charge in [-0.25, -0.2) is 18.7 Å². The molecule has 0 radical (unpaired) electrons. The molecule has 20 heavy (non-hydrogen) atoms. The van der Waals surface area contributed by atoms with E-state index in [2.05, 4.69) is 25.9 Å². The minimum Gasteiger partial charge on any atom is -0.383 e. The van der Waals surface area contributed by atoms with Gasteiger partial charge < -0.3 is 5.73 Å². The van der Waals surface area contributed by atoms with Crippen molar-refractivity contribution in [2.75, 3.05) is 5.73 Å². The van der Waals surface area contributed by atoms with Gasteiger partial charge in [-0.2, -0.15) is 0 Å². The number of hydrogen-bond donors (Lipinski definition) is 1. The zero-order valence-corrected chi connectivity index (χ0v) is 11.7. The molecular formula is C14H8BrF2N3. The summed E-state index contributed by atoms with van der Waals surface area (Å²) in [4.78, 5) is 8.39. The Balaban J connectivity index is 2.24. The summed E-state index contributed by atoms with van der Waals surface area (Å²) < 4.78 is 27.3. The lowest BCUT2D eigenvalue weighted by Crippen LogP contribution is -1.98. The van der Waals surface area contributed by atoms with Crippen molar-refractivity contribution in [2.45, 2.75) is 0 Å². The molecule has 1 aromatic heterocycles. The Hall–Kier alpha value is -2.08. The highest BCUT2D eigenvalue weighted by molar-refractivity contribution is 9.10. The van der Waals surface area contributed by atoms with Crippen LogP contribution in [0.2, 0.25) is 0 Å². The first kappa shape index (κ1) is 12.9. The molecule has 3 rings (SSSR count). The molecule has 0 aliphatic rings. The van der Waals surface area contributed by atoms with E-state index in [-0.39, 0.29) is 17.2 Å². The third-order valence-corrected chi connectivity index (χ3v) is 3.30. The number of aromatic nitrogens is 2. The zero-order valence-electron chi connectivity index (χ0n) is 10.1. The maximum Gasteiger partial charge on any atom is 0.162 e. The van der Waals surface area contributed by atoms with Crippen LogP contribution in [-0.4, -0.2) is 9.97 Å². The number of benzene rings is 2. The summed E-state index contributed by atoms with van der Waals surface area (Å²) in [5.74, 6) is -0.914. The number of nitrogens with zero attached hydrogens (tertiary/aromatic N) is 2. The number of rotatable bonds is 1. The lowest BCUT2D eigenvalue weighted by molar-refractivity contribution is 0.584. The molecule has 0 bridgehead atoms. The summed E-state index contributed by atoms with van der Waals surface area (Å²) in [7, 11) is 0. The molecule has 0 saturated carbocycles. The minimum atomic E-state index is -0.682. The van der Waals surface area contributed by atoms with Gasteiger partial charge in [0, 0.05) is 21.5 Å². The summed E-state index contributed by atoms with van der Waals surface area (Å²) in [5.41, 5.74) is 6.74. The monoisotopic (exact) mass is 335 g/mol. The third kappa shape index (κ3) is 2.34. The average molecular weight is 336 g/mol. The second kappa shape index (κ2) is 4.79. The normalized spacial score (nSPS) is 10.9. The third-order valence-electron chi connectivity index (χ3n) is 2.81. The second-order valence-corrected chi connectivity index (χ2v) is 5.17. The molecule has 1 heterocycles. The van der Waals surface area contributed by atoms with Gasteiger partial charge in [0.15, 0.2) is 5.82 Å². The van der Waals surface area contributed by atoms with Crippen molar-refractivity contribution in [3.05, 3.63) is 52.5 Å². The Morgan fingerprint density at radius 3 is 2.35 bits per heavy atom. The van der Waals surface area contributed by atoms with Crippen LogP contribution in [0, 0.1) is 11.6 Å². The van der Waals surface area contributed by atoms with Crippen LogP contribution in [0.15, 0.2) is 40.9 Å². The topological polar surface area (TPSA) is 51.8 Å². The van der Waals surface area contributed by atoms with Crippen molar-refractivity contribution >= 4 is 32.7 Å². The number of fused-ring (bicyclic) bond motifs is 1. The lowest BCUT2D eigenvalue weighted by Gasteiger charge is -2.06. The van der Waals surface area contributed by atoms with Crippen molar-refractivity contribution in [3.63, 3.8) is 0 Å². The van der Waals surface area contributed by atoms with E-state index in [0.29, 0.717) is 10.9 Å². The van der Waals surface area contributed by atoms with Crippen molar-refractivity contribution in [3.8, 4) is 11.4 Å². The van der Waals surface area contributed by atoms with Gasteiger partial charge in [0.05, 0.1) is 5.52 Å². The molecule has 2 aromatic carbocycles. The molecule has 0 aliphatic carbocycles. The Bertz CT molecular complexity index is 801. The van der Waals surface area contributed by atoms with E-state index in [9.17, 15) is 8.78 Å². The molecule has 0 amide bonds. The van der Waals surface area contributed by atoms with E-state index >= 15 is 0 Å². The van der Waals surface area contributed by atoms with Gasteiger partial charge in [-0.1, -0.05) is 15.9 Å². The average Bonchev–Trinajstić information content (AvgIpc) is 2.38. The molecule has 0 unspecified atom stereocenters. The maximum atomic E-state index is 13.2. The van der Waals surface area contributed by atoms with Crippen LogP contribution in [0.1, 0.15) is 0 Å². The van der Waals surface area contributed by atoms with Crippen LogP contribution in [0.4, 0.5) is 14.6 Å². The van der Waals surface area contributed by atoms with E-state index in [1.54, 1.807) is 12.1 Å². The van der Waals surface area contributed by atoms with Gasteiger partial charge in [-0.3, -0.25) is 0 Å². The molecule has 0 aliphatic heterocycles. The van der Waals surface area contributed by atoms with Crippen molar-refractivity contribution < 1.29 is 8.78 Å². The smallest absolute Gasteiger partial charge is 0.162 e. The zero-order chi connectivity index (χ0) is 14.3. The fraction of sp³-hybridized carbons (Fsp3) is 0. The first-order chi connectivity index (χ1) is 9.52. The first-order valence-corrected chi connectivity index (χ1v) is 6.51. The molecule has 3 nitrogen and oxygen atoms in total. The van der Waals surface area contributed by atoms with Gasteiger partial charge in [-0.05, 0) is 30.3 Å². The van der Waals surface area contributed by atoms with Crippen molar-refractivity contribution in [1.82, 2.24) is 9.97 Å². The predicted octanol–water partition coefficient (Wildman–Crippen LogP) is 3.92. The largest absolute Gasteiger partial charge is 0.383 e. The molecule has 0 atom stereocenters. The minimum absolute atomic E-state index is 0.190. The molecule has 6 heteroatoms. The fourth-order valence-electron chi connectivity index (χ4n) is 1.94. The summed E-state index contributed by atoms with van der Waals surface area (Å²) in [6.45, 7) is 0. The molecule has 0 spiro atoms. The van der Waals surface area contributed by atoms with Gasteiger partial charge in [0.25, 0.3) is 0 Å². The van der Waals surface area contributed by atoms with E-state index in [0.717, 1.165) is 10.5 Å². The van der Waals surface area contributed by atoms with E-state index < -0.39 is 11.6 Å². The SMILES string of the molecule is Nc1nc(-c2cc(F)cc(F)c2)nc2ccc(Br)cc12. The number of halogens is 3. The standard InChI is InChI=1S/C14H8BrF2N3/c15-8-1-2-12-11(5-8)13(18)20-14(19-12)7-3-9(16)6-10(17)4-7/h1-6H,(H2,18,19,20). The summed E-state index contributed by atoms with van der Waals surface area (Å²) in [5, 5.41) is 0.681. The fourth-order valence-corrected chi connectivity index (χ4v) is 2.30. The Labute approximate surface area is 121 Å². The number of nitrogen functional groups attached to an aromatic ring is 1. The van der Waals surface area contributed by atoms with Gasteiger partial charge in [0.2, 0.25) is 0 Å². The molecule has 0 fully saturated rings. The summed E-state index contributed by atoms with van der Waals surface area (Å²) in [6, 6.07) is 8.50. The van der Waals surface area contributed by atoms with Crippen LogP contribution in [-0.2, 0) is 0 Å². The van der Waals surface area contributed by atoms with E-state index in [1.807, 2.05) is 6.07 Å². The Morgan fingerprint density at radius 2 is 1.65 bits per heavy atom. The van der Waals surface area contributed by atoms with E-state index in [1.165, 1.54) is 12.1 Å². The number of nitrogens with two attached hydrogens (primary N) is 1. The molecule has 2 N–H and O–H groups in total. The van der Waals surface area contributed by atoms with Gasteiger partial charge >= 0.3 is 0 Å². The molecule has 3 aromatic rings. The van der Waals surface area contributed by atoms with Crippen LogP contribution in [0.25, 0.3) is 22.3 Å². The second-order valence-electron chi connectivity index (χ2n) is 4.25. The summed E-state index contributed by atoms with van der Waals surface area (Å²) >= 11 is 3.34. The van der Waals surface area contributed by atoms with Gasteiger partial charge in [0.1, 0.15) is 17.5 Å². The predicted molar refractivity (Wildman–Crippen MR) is 77.0 cm³/mol. The number of hydrogen-bond acceptors (Lipinski definition) is 3.